The number of hydrogen-bond donors (Lipinski definition) is 1. The van der Waals surface area contributed by atoms with Gasteiger partial charge >= 0.3 is 0 Å². The van der Waals surface area contributed by atoms with Gasteiger partial charge in [0.05, 0.1) is 18.1 Å². The second-order valence-corrected chi connectivity index (χ2v) is 7.33. The van der Waals surface area contributed by atoms with Gasteiger partial charge in [-0.3, -0.25) is 9.59 Å². The zero-order valence-electron chi connectivity index (χ0n) is 16.0. The molecule has 5 nitrogen and oxygen atoms in total. The van der Waals surface area contributed by atoms with E-state index >= 15 is 0 Å². The number of thioether (sulfide) groups is 1. The molecule has 2 rings (SSSR count). The molecule has 2 amide bonds. The lowest BCUT2D eigenvalue weighted by atomic mass is 10.2. The molecule has 2 aromatic carbocycles. The highest BCUT2D eigenvalue weighted by molar-refractivity contribution is 8.00. The summed E-state index contributed by atoms with van der Waals surface area (Å²) in [5.41, 5.74) is 2.93. The number of rotatable bonds is 9. The van der Waals surface area contributed by atoms with E-state index in [1.807, 2.05) is 62.4 Å². The van der Waals surface area contributed by atoms with Gasteiger partial charge in [0.25, 0.3) is 0 Å². The Morgan fingerprint density at radius 1 is 1.07 bits per heavy atom. The first-order chi connectivity index (χ1) is 13.0. The number of para-hydroxylation sites is 1. The lowest BCUT2D eigenvalue weighted by Crippen LogP contribution is -2.32. The lowest BCUT2D eigenvalue weighted by Gasteiger charge is -2.18. The molecule has 0 fully saturated rings. The predicted molar refractivity (Wildman–Crippen MR) is 111 cm³/mol. The number of benzene rings is 2. The van der Waals surface area contributed by atoms with Gasteiger partial charge in [-0.1, -0.05) is 30.3 Å². The Balaban J connectivity index is 1.64. The first kappa shape index (κ1) is 20.8. The molecule has 0 aromatic heterocycles. The third kappa shape index (κ3) is 7.35. The molecule has 0 radical (unpaired) electrons. The van der Waals surface area contributed by atoms with Crippen LogP contribution in [0.1, 0.15) is 11.1 Å². The van der Waals surface area contributed by atoms with Crippen molar-refractivity contribution >= 4 is 29.3 Å². The van der Waals surface area contributed by atoms with Crippen molar-refractivity contribution in [2.45, 2.75) is 13.8 Å². The summed E-state index contributed by atoms with van der Waals surface area (Å²) >= 11 is 1.31. The van der Waals surface area contributed by atoms with Crippen molar-refractivity contribution in [1.82, 2.24) is 4.90 Å². The van der Waals surface area contributed by atoms with Crippen molar-refractivity contribution in [2.75, 3.05) is 37.0 Å². The molecule has 0 aliphatic rings. The minimum absolute atomic E-state index is 0.0169. The van der Waals surface area contributed by atoms with Crippen molar-refractivity contribution in [3.63, 3.8) is 0 Å². The molecule has 2 aromatic rings. The maximum Gasteiger partial charge on any atom is 0.234 e. The van der Waals surface area contributed by atoms with Crippen LogP contribution in [0, 0.1) is 13.8 Å². The molecule has 0 bridgehead atoms. The molecule has 0 spiro atoms. The van der Waals surface area contributed by atoms with Crippen LogP contribution in [0.5, 0.6) is 5.75 Å². The topological polar surface area (TPSA) is 58.6 Å². The zero-order valence-corrected chi connectivity index (χ0v) is 16.8. The molecule has 0 heterocycles. The van der Waals surface area contributed by atoms with Gasteiger partial charge in [0.15, 0.2) is 0 Å². The minimum Gasteiger partial charge on any atom is -0.491 e. The molecular formula is C21H26N2O3S. The van der Waals surface area contributed by atoms with E-state index in [2.05, 4.69) is 5.32 Å². The normalized spacial score (nSPS) is 10.3. The fraction of sp³-hybridized carbons (Fsp3) is 0.333. The highest BCUT2D eigenvalue weighted by atomic mass is 32.2. The third-order valence-corrected chi connectivity index (χ3v) is 4.88. The number of likely N-dealkylation sites (N-methyl/N-ethyl adjacent to an activating group) is 1. The number of amides is 2. The molecule has 144 valence electrons. The van der Waals surface area contributed by atoms with Gasteiger partial charge in [-0.15, -0.1) is 11.8 Å². The van der Waals surface area contributed by atoms with Gasteiger partial charge in [0.2, 0.25) is 11.8 Å². The maximum atomic E-state index is 12.2. The largest absolute Gasteiger partial charge is 0.491 e. The van der Waals surface area contributed by atoms with E-state index < -0.39 is 0 Å². The number of nitrogens with one attached hydrogen (secondary N) is 1. The second kappa shape index (κ2) is 10.6. The molecular weight excluding hydrogens is 360 g/mol. The number of carbonyl (C=O) groups is 2. The average molecular weight is 387 g/mol. The zero-order chi connectivity index (χ0) is 19.6. The first-order valence-corrected chi connectivity index (χ1v) is 9.98. The molecule has 6 heteroatoms. The summed E-state index contributed by atoms with van der Waals surface area (Å²) in [5.74, 6) is 1.22. The average Bonchev–Trinajstić information content (AvgIpc) is 2.63. The summed E-state index contributed by atoms with van der Waals surface area (Å²) in [5, 5.41) is 2.84. The van der Waals surface area contributed by atoms with Crippen LogP contribution < -0.4 is 10.1 Å². The number of nitrogens with zero attached hydrogens (tertiary/aromatic N) is 1. The van der Waals surface area contributed by atoms with Crippen LogP contribution in [0.15, 0.2) is 48.5 Å². The number of anilines is 1. The maximum absolute atomic E-state index is 12.2. The third-order valence-electron chi connectivity index (χ3n) is 3.96. The number of hydrogen-bond acceptors (Lipinski definition) is 4. The minimum atomic E-state index is -0.107. The van der Waals surface area contributed by atoms with Gasteiger partial charge in [-0.2, -0.15) is 0 Å². The monoisotopic (exact) mass is 386 g/mol. The van der Waals surface area contributed by atoms with Crippen molar-refractivity contribution in [3.8, 4) is 5.75 Å². The fourth-order valence-electron chi connectivity index (χ4n) is 2.40. The highest BCUT2D eigenvalue weighted by Gasteiger charge is 2.11. The van der Waals surface area contributed by atoms with Crippen molar-refractivity contribution in [3.05, 3.63) is 59.7 Å². The van der Waals surface area contributed by atoms with Crippen molar-refractivity contribution < 1.29 is 14.3 Å². The molecule has 0 unspecified atom stereocenters. The van der Waals surface area contributed by atoms with Gasteiger partial charge in [0.1, 0.15) is 12.4 Å². The van der Waals surface area contributed by atoms with Crippen LogP contribution in [-0.2, 0) is 9.59 Å². The summed E-state index contributed by atoms with van der Waals surface area (Å²) in [6, 6.07) is 15.4. The van der Waals surface area contributed by atoms with Gasteiger partial charge < -0.3 is 15.0 Å². The van der Waals surface area contributed by atoms with Crippen LogP contribution in [0.2, 0.25) is 0 Å². The number of ether oxygens (including phenoxy) is 1. The second-order valence-electron chi connectivity index (χ2n) is 6.34. The Morgan fingerprint density at radius 3 is 2.59 bits per heavy atom. The smallest absolute Gasteiger partial charge is 0.234 e. The quantitative estimate of drug-likeness (QED) is 0.716. The van der Waals surface area contributed by atoms with Crippen LogP contribution in [0.4, 0.5) is 5.69 Å². The van der Waals surface area contributed by atoms with Crippen LogP contribution in [0.25, 0.3) is 0 Å². The summed E-state index contributed by atoms with van der Waals surface area (Å²) < 4.78 is 5.71. The molecule has 27 heavy (non-hydrogen) atoms. The molecule has 0 saturated heterocycles. The van der Waals surface area contributed by atoms with Crippen LogP contribution >= 0.6 is 11.8 Å². The summed E-state index contributed by atoms with van der Waals surface area (Å²) in [6.45, 7) is 4.90. The van der Waals surface area contributed by atoms with Crippen LogP contribution in [-0.4, -0.2) is 48.4 Å². The van der Waals surface area contributed by atoms with Gasteiger partial charge in [0, 0.05) is 12.7 Å². The number of carbonyl (C=O) groups excluding carboxylic acids is 2. The summed E-state index contributed by atoms with van der Waals surface area (Å²) in [4.78, 5) is 25.7. The Bertz CT molecular complexity index is 780. The van der Waals surface area contributed by atoms with E-state index in [1.54, 1.807) is 11.9 Å². The molecule has 0 atom stereocenters. The van der Waals surface area contributed by atoms with E-state index in [4.69, 9.17) is 4.74 Å². The predicted octanol–water partition coefficient (Wildman–Crippen LogP) is 3.51. The lowest BCUT2D eigenvalue weighted by molar-refractivity contribution is -0.127. The van der Waals surface area contributed by atoms with Gasteiger partial charge in [-0.25, -0.2) is 0 Å². The molecule has 1 N–H and O–H groups in total. The Hall–Kier alpha value is -2.47. The summed E-state index contributed by atoms with van der Waals surface area (Å²) in [7, 11) is 1.75. The van der Waals surface area contributed by atoms with E-state index in [-0.39, 0.29) is 23.3 Å². The summed E-state index contributed by atoms with van der Waals surface area (Å²) in [6.07, 6.45) is 0. The Kier molecular flexibility index (Phi) is 8.20. The van der Waals surface area contributed by atoms with E-state index in [9.17, 15) is 9.59 Å². The Morgan fingerprint density at radius 2 is 1.85 bits per heavy atom. The van der Waals surface area contributed by atoms with Gasteiger partial charge in [-0.05, 0) is 43.2 Å². The van der Waals surface area contributed by atoms with E-state index in [1.165, 1.54) is 11.8 Å². The van der Waals surface area contributed by atoms with E-state index in [0.717, 1.165) is 22.6 Å². The standard InChI is InChI=1S/C21H26N2O3S/c1-16-7-6-9-18(13-16)22-20(24)14-27-15-21(25)23(3)11-12-26-19-10-5-4-8-17(19)2/h4-10,13H,11-12,14-15H2,1-3H3,(H,22,24). The van der Waals surface area contributed by atoms with Crippen molar-refractivity contribution in [1.29, 1.82) is 0 Å². The van der Waals surface area contributed by atoms with Crippen LogP contribution in [0.3, 0.4) is 0 Å². The van der Waals surface area contributed by atoms with E-state index in [0.29, 0.717) is 13.2 Å². The molecule has 0 aliphatic heterocycles. The van der Waals surface area contributed by atoms with Crippen molar-refractivity contribution in [2.24, 2.45) is 0 Å². The first-order valence-electron chi connectivity index (χ1n) is 8.82. The SMILES string of the molecule is Cc1cccc(NC(=O)CSCC(=O)N(C)CCOc2ccccc2C)c1. The molecule has 0 aliphatic carbocycles. The molecule has 0 saturated carbocycles. The Labute approximate surface area is 165 Å². The number of aryl methyl sites for hydroxylation is 2. The highest BCUT2D eigenvalue weighted by Crippen LogP contribution is 2.16. The fourth-order valence-corrected chi connectivity index (χ4v) is 3.15.